The summed E-state index contributed by atoms with van der Waals surface area (Å²) in [6.07, 6.45) is 2.16. The van der Waals surface area contributed by atoms with E-state index in [2.05, 4.69) is 41.0 Å². The van der Waals surface area contributed by atoms with E-state index in [0.717, 1.165) is 18.4 Å². The van der Waals surface area contributed by atoms with Crippen molar-refractivity contribution in [2.45, 2.75) is 90.4 Å². The monoisotopic (exact) mass is 558 g/mol. The molecular formula is C29H37F3N6O2. The third kappa shape index (κ3) is 5.78. The number of methoxy groups -OCH3 is 1. The summed E-state index contributed by atoms with van der Waals surface area (Å²) >= 11 is 0. The lowest BCUT2D eigenvalue weighted by Crippen LogP contribution is -2.32. The maximum Gasteiger partial charge on any atom is 0.391 e. The average molecular weight is 559 g/mol. The van der Waals surface area contributed by atoms with E-state index in [-0.39, 0.29) is 36.5 Å². The lowest BCUT2D eigenvalue weighted by Gasteiger charge is -2.32. The van der Waals surface area contributed by atoms with E-state index in [1.807, 2.05) is 16.7 Å². The molecule has 0 saturated heterocycles. The van der Waals surface area contributed by atoms with Gasteiger partial charge in [-0.3, -0.25) is 4.98 Å². The summed E-state index contributed by atoms with van der Waals surface area (Å²) in [7, 11) is 1.28. The fourth-order valence-electron chi connectivity index (χ4n) is 5.82. The molecule has 40 heavy (non-hydrogen) atoms. The summed E-state index contributed by atoms with van der Waals surface area (Å²) in [5.41, 5.74) is 2.69. The molecule has 0 amide bonds. The molecule has 0 radical (unpaired) electrons. The number of esters is 1. The van der Waals surface area contributed by atoms with Crippen molar-refractivity contribution in [3.05, 3.63) is 29.7 Å². The number of nitrogens with one attached hydrogen (secondary N) is 1. The van der Waals surface area contributed by atoms with Gasteiger partial charge in [-0.1, -0.05) is 20.3 Å². The van der Waals surface area contributed by atoms with Crippen LogP contribution in [0.3, 0.4) is 0 Å². The van der Waals surface area contributed by atoms with Crippen LogP contribution in [0.25, 0.3) is 22.7 Å². The van der Waals surface area contributed by atoms with Crippen LogP contribution >= 0.6 is 0 Å². The quantitative estimate of drug-likeness (QED) is 0.305. The highest BCUT2D eigenvalue weighted by Gasteiger charge is 2.41. The number of anilines is 1. The Morgan fingerprint density at radius 2 is 1.82 bits per heavy atom. The van der Waals surface area contributed by atoms with Crippen LogP contribution in [0.15, 0.2) is 18.3 Å². The number of pyridine rings is 1. The van der Waals surface area contributed by atoms with Gasteiger partial charge < -0.3 is 14.6 Å². The molecule has 11 heteroatoms. The first-order valence-corrected chi connectivity index (χ1v) is 14.2. The molecule has 3 aromatic rings. The maximum absolute atomic E-state index is 13.4. The summed E-state index contributed by atoms with van der Waals surface area (Å²) in [6, 6.07) is 4.05. The molecule has 2 aliphatic rings. The van der Waals surface area contributed by atoms with Gasteiger partial charge in [0, 0.05) is 18.8 Å². The Balaban J connectivity index is 1.61. The molecule has 0 bridgehead atoms. The molecule has 2 aliphatic carbocycles. The zero-order valence-corrected chi connectivity index (χ0v) is 23.5. The van der Waals surface area contributed by atoms with Gasteiger partial charge in [0.2, 0.25) is 5.82 Å². The number of ether oxygens (including phenoxy) is 1. The summed E-state index contributed by atoms with van der Waals surface area (Å²) < 4.78 is 47.0. The Morgan fingerprint density at radius 1 is 1.10 bits per heavy atom. The van der Waals surface area contributed by atoms with Crippen LogP contribution < -0.4 is 5.32 Å². The van der Waals surface area contributed by atoms with Crippen molar-refractivity contribution in [1.82, 2.24) is 24.5 Å². The molecule has 1 N–H and O–H groups in total. The zero-order chi connectivity index (χ0) is 28.6. The second kappa shape index (κ2) is 11.3. The number of carbonyl (C=O) groups excluding carboxylic acids is 1. The van der Waals surface area contributed by atoms with Crippen LogP contribution in [0.1, 0.15) is 87.8 Å². The predicted molar refractivity (Wildman–Crippen MR) is 146 cm³/mol. The van der Waals surface area contributed by atoms with Crippen molar-refractivity contribution < 1.29 is 22.7 Å². The number of imidazole rings is 1. The smallest absolute Gasteiger partial charge is 0.391 e. The minimum Gasteiger partial charge on any atom is -0.463 e. The van der Waals surface area contributed by atoms with Crippen LogP contribution in [0.2, 0.25) is 0 Å². The molecule has 0 spiro atoms. The molecule has 0 aromatic carbocycles. The van der Waals surface area contributed by atoms with Crippen LogP contribution in [0, 0.1) is 17.8 Å². The summed E-state index contributed by atoms with van der Waals surface area (Å²) in [5, 5.41) is 3.52. The number of nitrogens with zero attached hydrogens (tertiary/aromatic N) is 5. The number of halogens is 3. The standard InChI is InChI=1S/C29H37F3N6O2/c1-16(2)20-12-13-33-22(14-20)27-37-25-23(38(27)15-18-8-10-21(11-9-18)29(30,31)32)24(34-17(3)19-6-5-7-19)35-26(36-25)28(39)40-4/h12-14,16-19,21H,5-11,15H2,1-4H3,(H,34,35,36)/t17-,18-,21-/m1/s1. The topological polar surface area (TPSA) is 94.8 Å². The Kier molecular flexibility index (Phi) is 8.01. The molecule has 1 atom stereocenters. The lowest BCUT2D eigenvalue weighted by molar-refractivity contribution is -0.184. The first kappa shape index (κ1) is 28.3. The van der Waals surface area contributed by atoms with E-state index in [4.69, 9.17) is 9.72 Å². The Morgan fingerprint density at radius 3 is 2.42 bits per heavy atom. The highest BCUT2D eigenvalue weighted by Crippen LogP contribution is 2.41. The predicted octanol–water partition coefficient (Wildman–Crippen LogP) is 6.77. The Labute approximate surface area is 232 Å². The van der Waals surface area contributed by atoms with Gasteiger partial charge in [0.1, 0.15) is 11.2 Å². The number of fused-ring (bicyclic) bond motifs is 1. The Hall–Kier alpha value is -3.24. The van der Waals surface area contributed by atoms with E-state index >= 15 is 0 Å². The molecule has 3 aromatic heterocycles. The molecule has 5 rings (SSSR count). The first-order valence-electron chi connectivity index (χ1n) is 14.2. The van der Waals surface area contributed by atoms with Crippen LogP contribution in [-0.4, -0.2) is 49.8 Å². The fraction of sp³-hybridized carbons (Fsp3) is 0.621. The minimum atomic E-state index is -4.16. The first-order chi connectivity index (χ1) is 19.0. The highest BCUT2D eigenvalue weighted by molar-refractivity contribution is 5.92. The molecule has 3 heterocycles. The highest BCUT2D eigenvalue weighted by atomic mass is 19.4. The molecular weight excluding hydrogens is 521 g/mol. The number of alkyl halides is 3. The van der Waals surface area contributed by atoms with E-state index in [9.17, 15) is 18.0 Å². The van der Waals surface area contributed by atoms with Gasteiger partial charge in [-0.25, -0.2) is 19.7 Å². The average Bonchev–Trinajstić information content (AvgIpc) is 3.25. The van der Waals surface area contributed by atoms with Crippen molar-refractivity contribution in [2.75, 3.05) is 12.4 Å². The number of hydrogen-bond acceptors (Lipinski definition) is 7. The maximum atomic E-state index is 13.4. The van der Waals surface area contributed by atoms with Crippen molar-refractivity contribution in [2.24, 2.45) is 17.8 Å². The SMILES string of the molecule is COC(=O)c1nc(N[C@H](C)C2CCC2)c2c(n1)nc(-c1cc(C(C)C)ccn1)n2C[C@H]1CC[C@H](C(F)(F)F)CC1. The van der Waals surface area contributed by atoms with Gasteiger partial charge >= 0.3 is 12.1 Å². The largest absolute Gasteiger partial charge is 0.463 e. The van der Waals surface area contributed by atoms with Gasteiger partial charge in [0.15, 0.2) is 17.3 Å². The van der Waals surface area contributed by atoms with Gasteiger partial charge in [-0.05, 0) is 80.9 Å². The van der Waals surface area contributed by atoms with Gasteiger partial charge in [0.25, 0.3) is 0 Å². The van der Waals surface area contributed by atoms with Crippen molar-refractivity contribution in [3.8, 4) is 11.5 Å². The summed E-state index contributed by atoms with van der Waals surface area (Å²) in [6.45, 7) is 6.75. The van der Waals surface area contributed by atoms with E-state index in [0.29, 0.717) is 53.8 Å². The molecule has 0 unspecified atom stereocenters. The Bertz CT molecular complexity index is 1360. The fourth-order valence-corrected chi connectivity index (χ4v) is 5.82. The zero-order valence-electron chi connectivity index (χ0n) is 23.5. The van der Waals surface area contributed by atoms with Crippen LogP contribution in [0.4, 0.5) is 19.0 Å². The van der Waals surface area contributed by atoms with Crippen molar-refractivity contribution >= 4 is 23.0 Å². The second-order valence-corrected chi connectivity index (χ2v) is 11.6. The number of carbonyl (C=O) groups is 1. The van der Waals surface area contributed by atoms with Gasteiger partial charge in [-0.15, -0.1) is 0 Å². The summed E-state index contributed by atoms with van der Waals surface area (Å²) in [5.74, 6) is -0.183. The van der Waals surface area contributed by atoms with Crippen LogP contribution in [0.5, 0.6) is 0 Å². The van der Waals surface area contributed by atoms with Gasteiger partial charge in [0.05, 0.1) is 13.0 Å². The molecule has 2 saturated carbocycles. The third-order valence-corrected chi connectivity index (χ3v) is 8.62. The van der Waals surface area contributed by atoms with Crippen molar-refractivity contribution in [3.63, 3.8) is 0 Å². The van der Waals surface area contributed by atoms with E-state index in [1.165, 1.54) is 13.5 Å². The second-order valence-electron chi connectivity index (χ2n) is 11.6. The van der Waals surface area contributed by atoms with Crippen molar-refractivity contribution in [1.29, 1.82) is 0 Å². The number of aromatic nitrogens is 5. The lowest BCUT2D eigenvalue weighted by atomic mass is 9.80. The molecule has 2 fully saturated rings. The van der Waals surface area contributed by atoms with Crippen LogP contribution in [-0.2, 0) is 11.3 Å². The normalized spacial score (nSPS) is 20.9. The molecule has 8 nitrogen and oxygen atoms in total. The number of rotatable bonds is 8. The van der Waals surface area contributed by atoms with E-state index in [1.54, 1.807) is 6.20 Å². The molecule has 216 valence electrons. The van der Waals surface area contributed by atoms with E-state index < -0.39 is 18.1 Å². The third-order valence-electron chi connectivity index (χ3n) is 8.62. The number of hydrogen-bond donors (Lipinski definition) is 1. The summed E-state index contributed by atoms with van der Waals surface area (Å²) in [4.78, 5) is 31.0. The molecule has 0 aliphatic heterocycles. The minimum absolute atomic E-state index is 0.0280. The van der Waals surface area contributed by atoms with Gasteiger partial charge in [-0.2, -0.15) is 13.2 Å².